The van der Waals surface area contributed by atoms with Crippen molar-refractivity contribution < 1.29 is 0 Å². The lowest BCUT2D eigenvalue weighted by Crippen LogP contribution is -2.11. The van der Waals surface area contributed by atoms with Crippen molar-refractivity contribution in [2.75, 3.05) is 9.80 Å². The van der Waals surface area contributed by atoms with E-state index in [-0.39, 0.29) is 0 Å². The summed E-state index contributed by atoms with van der Waals surface area (Å²) in [5, 5.41) is 26.2. The molecule has 0 aliphatic heterocycles. The van der Waals surface area contributed by atoms with Crippen LogP contribution < -0.4 is 9.80 Å². The average molecular weight is 671 g/mol. The first-order chi connectivity index (χ1) is 25.3. The van der Waals surface area contributed by atoms with Crippen molar-refractivity contribution in [3.8, 4) is 12.1 Å². The van der Waals surface area contributed by atoms with Gasteiger partial charge in [-0.1, -0.05) is 88.4 Å². The quantitative estimate of drug-likeness (QED) is 0.151. The van der Waals surface area contributed by atoms with Gasteiger partial charge in [0.1, 0.15) is 0 Å². The lowest BCUT2D eigenvalue weighted by atomic mass is 9.91. The Hall–Kier alpha value is -6.62. The summed E-state index contributed by atoms with van der Waals surface area (Å²) in [6, 6.07) is 55.7. The van der Waals surface area contributed by atoms with E-state index in [4.69, 9.17) is 0 Å². The molecule has 0 fully saturated rings. The molecule has 4 heteroatoms. The molecule has 250 valence electrons. The van der Waals surface area contributed by atoms with Crippen molar-refractivity contribution in [3.63, 3.8) is 0 Å². The fraction of sp³-hybridized carbons (Fsp3) is 0.125. The molecule has 0 saturated heterocycles. The zero-order valence-electron chi connectivity index (χ0n) is 29.8. The number of hydrogen-bond donors (Lipinski definition) is 0. The summed E-state index contributed by atoms with van der Waals surface area (Å²) in [7, 11) is 0. The molecular weight excluding hydrogens is 633 g/mol. The Morgan fingerprint density at radius 2 is 0.692 bits per heavy atom. The summed E-state index contributed by atoms with van der Waals surface area (Å²) in [4.78, 5) is 4.61. The maximum absolute atomic E-state index is 9.57. The van der Waals surface area contributed by atoms with E-state index in [1.165, 1.54) is 32.7 Å². The molecule has 0 aliphatic carbocycles. The van der Waals surface area contributed by atoms with Gasteiger partial charge in [0.25, 0.3) is 0 Å². The molecule has 0 N–H and O–H groups in total. The second-order valence-corrected chi connectivity index (χ2v) is 14.1. The smallest absolute Gasteiger partial charge is 0.0991 e. The topological polar surface area (TPSA) is 54.1 Å². The molecule has 0 aliphatic rings. The third-order valence-electron chi connectivity index (χ3n) is 10.2. The zero-order chi connectivity index (χ0) is 35.9. The fourth-order valence-corrected chi connectivity index (χ4v) is 7.40. The van der Waals surface area contributed by atoms with Gasteiger partial charge in [0, 0.05) is 33.5 Å². The predicted octanol–water partition coefficient (Wildman–Crippen LogP) is 13.5. The first-order valence-electron chi connectivity index (χ1n) is 17.9. The van der Waals surface area contributed by atoms with Gasteiger partial charge in [0.15, 0.2) is 0 Å². The molecule has 52 heavy (non-hydrogen) atoms. The van der Waals surface area contributed by atoms with Crippen molar-refractivity contribution in [3.05, 3.63) is 168 Å². The Balaban J connectivity index is 1.37. The van der Waals surface area contributed by atoms with Gasteiger partial charge in [0.05, 0.1) is 34.6 Å². The Labute approximate surface area is 305 Å². The molecule has 0 spiro atoms. The lowest BCUT2D eigenvalue weighted by molar-refractivity contribution is 0.866. The number of hydrogen-bond acceptors (Lipinski definition) is 4. The van der Waals surface area contributed by atoms with E-state index < -0.39 is 0 Å². The minimum Gasteiger partial charge on any atom is -0.310 e. The highest BCUT2D eigenvalue weighted by atomic mass is 15.1. The second-order valence-electron chi connectivity index (χ2n) is 14.1. The Bertz CT molecular complexity index is 2430. The van der Waals surface area contributed by atoms with E-state index in [0.29, 0.717) is 23.0 Å². The summed E-state index contributed by atoms with van der Waals surface area (Å²) < 4.78 is 0. The standard InChI is InChI=1S/C48H38N4/c1-31(2)35-9-21-41(22-10-35)51(39-17-5-33(29-49)6-18-39)45-27-15-37-14-26-44-46(28-16-38-13-25-43(45)47(37)48(38)44)52(40-19-7-34(30-50)8-20-40)42-23-11-36(12-24-42)32(3)4/h5-28,31-32H,1-4H3. The van der Waals surface area contributed by atoms with Gasteiger partial charge in [-0.2, -0.15) is 10.5 Å². The highest BCUT2D eigenvalue weighted by Gasteiger charge is 2.22. The molecule has 8 rings (SSSR count). The van der Waals surface area contributed by atoms with Crippen LogP contribution in [0.2, 0.25) is 0 Å². The van der Waals surface area contributed by atoms with Gasteiger partial charge in [-0.3, -0.25) is 0 Å². The zero-order valence-corrected chi connectivity index (χ0v) is 29.8. The summed E-state index contributed by atoms with van der Waals surface area (Å²) >= 11 is 0. The fourth-order valence-electron chi connectivity index (χ4n) is 7.40. The Morgan fingerprint density at radius 1 is 0.385 bits per heavy atom. The second kappa shape index (κ2) is 13.3. The average Bonchev–Trinajstić information content (AvgIpc) is 3.19. The van der Waals surface area contributed by atoms with Crippen molar-refractivity contribution in [2.24, 2.45) is 0 Å². The lowest BCUT2D eigenvalue weighted by Gasteiger charge is -2.29. The van der Waals surface area contributed by atoms with Crippen molar-refractivity contribution in [1.29, 1.82) is 10.5 Å². The molecule has 4 nitrogen and oxygen atoms in total. The predicted molar refractivity (Wildman–Crippen MR) is 217 cm³/mol. The minimum absolute atomic E-state index is 0.429. The molecule has 8 aromatic rings. The van der Waals surface area contributed by atoms with Crippen LogP contribution >= 0.6 is 0 Å². The van der Waals surface area contributed by atoms with Crippen LogP contribution in [-0.4, -0.2) is 0 Å². The van der Waals surface area contributed by atoms with Crippen molar-refractivity contribution in [1.82, 2.24) is 0 Å². The van der Waals surface area contributed by atoms with E-state index >= 15 is 0 Å². The molecule has 0 heterocycles. The first kappa shape index (κ1) is 32.6. The Kier molecular flexibility index (Phi) is 8.30. The molecule has 0 radical (unpaired) electrons. The third-order valence-corrected chi connectivity index (χ3v) is 10.2. The molecule has 0 saturated carbocycles. The van der Waals surface area contributed by atoms with E-state index in [9.17, 15) is 10.5 Å². The van der Waals surface area contributed by atoms with Crippen LogP contribution in [0, 0.1) is 22.7 Å². The van der Waals surface area contributed by atoms with E-state index in [1.807, 2.05) is 48.5 Å². The molecule has 0 unspecified atom stereocenters. The minimum atomic E-state index is 0.429. The summed E-state index contributed by atoms with van der Waals surface area (Å²) in [6.45, 7) is 8.86. The van der Waals surface area contributed by atoms with E-state index in [1.54, 1.807) is 0 Å². The number of nitriles is 2. The van der Waals surface area contributed by atoms with Gasteiger partial charge >= 0.3 is 0 Å². The van der Waals surface area contributed by atoms with Crippen molar-refractivity contribution >= 4 is 66.4 Å². The van der Waals surface area contributed by atoms with E-state index in [2.05, 4.69) is 147 Å². The van der Waals surface area contributed by atoms with Gasteiger partial charge in [-0.25, -0.2) is 0 Å². The summed E-state index contributed by atoms with van der Waals surface area (Å²) in [5.74, 6) is 0.858. The van der Waals surface area contributed by atoms with Crippen LogP contribution in [0.3, 0.4) is 0 Å². The van der Waals surface area contributed by atoms with Gasteiger partial charge in [-0.15, -0.1) is 0 Å². The Morgan fingerprint density at radius 3 is 1.00 bits per heavy atom. The SMILES string of the molecule is CC(C)c1ccc(N(c2ccc(C#N)cc2)c2ccc3ccc4c(N(c5ccc(C#N)cc5)c5ccc(C(C)C)cc5)ccc5ccc2c3c54)cc1. The first-order valence-corrected chi connectivity index (χ1v) is 17.9. The monoisotopic (exact) mass is 670 g/mol. The van der Waals surface area contributed by atoms with Crippen LogP contribution in [0.5, 0.6) is 0 Å². The highest BCUT2D eigenvalue weighted by molar-refractivity contribution is 6.28. The van der Waals surface area contributed by atoms with E-state index in [0.717, 1.165) is 44.9 Å². The van der Waals surface area contributed by atoms with Crippen LogP contribution in [-0.2, 0) is 0 Å². The van der Waals surface area contributed by atoms with Crippen LogP contribution in [0.15, 0.2) is 146 Å². The molecule has 0 amide bonds. The number of anilines is 6. The summed E-state index contributed by atoms with van der Waals surface area (Å²) in [5.41, 5.74) is 10.1. The molecule has 0 atom stereocenters. The molecule has 0 aromatic heterocycles. The van der Waals surface area contributed by atoms with Crippen LogP contribution in [0.1, 0.15) is 61.8 Å². The van der Waals surface area contributed by atoms with Gasteiger partial charge in [0.2, 0.25) is 0 Å². The van der Waals surface area contributed by atoms with Crippen molar-refractivity contribution in [2.45, 2.75) is 39.5 Å². The number of rotatable bonds is 8. The third kappa shape index (κ3) is 5.65. The maximum atomic E-state index is 9.57. The molecular formula is C48H38N4. The molecule has 0 bridgehead atoms. The summed E-state index contributed by atoms with van der Waals surface area (Å²) in [6.07, 6.45) is 0. The van der Waals surface area contributed by atoms with Gasteiger partial charge in [-0.05, 0) is 129 Å². The maximum Gasteiger partial charge on any atom is 0.0991 e. The highest BCUT2D eigenvalue weighted by Crippen LogP contribution is 2.47. The molecule has 8 aromatic carbocycles. The number of nitrogens with zero attached hydrogens (tertiary/aromatic N) is 4. The number of benzene rings is 8. The van der Waals surface area contributed by atoms with Gasteiger partial charge < -0.3 is 9.80 Å². The van der Waals surface area contributed by atoms with Crippen LogP contribution in [0.25, 0.3) is 32.3 Å². The normalized spacial score (nSPS) is 11.4. The largest absolute Gasteiger partial charge is 0.310 e. The van der Waals surface area contributed by atoms with Crippen LogP contribution in [0.4, 0.5) is 34.1 Å².